The van der Waals surface area contributed by atoms with Crippen LogP contribution in [0.1, 0.15) is 145 Å². The van der Waals surface area contributed by atoms with E-state index in [0.717, 1.165) is 44.3 Å². The monoisotopic (exact) mass is 737 g/mol. The molecule has 3 aliphatic rings. The Hall–Kier alpha value is -4.40. The highest BCUT2D eigenvalue weighted by molar-refractivity contribution is 5.95. The second kappa shape index (κ2) is 22.7. The molecule has 0 aliphatic carbocycles. The Morgan fingerprint density at radius 1 is 0.630 bits per heavy atom. The lowest BCUT2D eigenvalue weighted by Gasteiger charge is -2.46. The molecule has 2 aromatic carbocycles. The van der Waals surface area contributed by atoms with E-state index in [1.807, 2.05) is 47.4 Å². The topological polar surface area (TPSA) is 111 Å². The van der Waals surface area contributed by atoms with Gasteiger partial charge in [-0.3, -0.25) is 9.59 Å². The number of para-hydroxylation sites is 1. The minimum atomic E-state index is -0.663. The lowest BCUT2D eigenvalue weighted by atomic mass is 9.96. The third-order valence-corrected chi connectivity index (χ3v) is 11.0. The molecule has 0 radical (unpaired) electrons. The number of amides is 2. The zero-order chi connectivity index (χ0) is 37.8. The normalized spacial score (nSPS) is 20.6. The molecule has 9 nitrogen and oxygen atoms in total. The molecule has 3 aliphatic heterocycles. The van der Waals surface area contributed by atoms with Gasteiger partial charge in [0.1, 0.15) is 22.8 Å². The second-order valence-electron chi connectivity index (χ2n) is 15.2. The van der Waals surface area contributed by atoms with Crippen LogP contribution in [-0.4, -0.2) is 51.9 Å². The van der Waals surface area contributed by atoms with Crippen LogP contribution in [0.25, 0.3) is 0 Å². The number of aromatic nitrogens is 2. The van der Waals surface area contributed by atoms with Crippen molar-refractivity contribution in [2.24, 2.45) is 5.73 Å². The van der Waals surface area contributed by atoms with Crippen LogP contribution in [-0.2, 0) is 4.79 Å². The lowest BCUT2D eigenvalue weighted by molar-refractivity contribution is -0.129. The SMILES string of the molecule is C=CC(=O)N1CC2CCCCCCCCCCCCCCCCCCCCCC1CN2c1ncc(C(N)=O)c(Oc2ccc(Oc3ccccc3)cc2)n1. The summed E-state index contributed by atoms with van der Waals surface area (Å²) in [6, 6.07) is 16.8. The van der Waals surface area contributed by atoms with Crippen molar-refractivity contribution < 1.29 is 19.1 Å². The number of piperazine rings is 1. The van der Waals surface area contributed by atoms with Gasteiger partial charge in [0.05, 0.1) is 0 Å². The maximum atomic E-state index is 13.3. The quantitative estimate of drug-likeness (QED) is 0.240. The van der Waals surface area contributed by atoms with Gasteiger partial charge in [0.25, 0.3) is 5.91 Å². The zero-order valence-corrected chi connectivity index (χ0v) is 32.5. The predicted molar refractivity (Wildman–Crippen MR) is 217 cm³/mol. The Morgan fingerprint density at radius 2 is 1.09 bits per heavy atom. The maximum Gasteiger partial charge on any atom is 0.255 e. The number of primary amides is 1. The first-order chi connectivity index (χ1) is 26.5. The number of hydrogen-bond acceptors (Lipinski definition) is 7. The van der Waals surface area contributed by atoms with E-state index >= 15 is 0 Å². The molecule has 2 bridgehead atoms. The van der Waals surface area contributed by atoms with Crippen LogP contribution in [0.15, 0.2) is 73.4 Å². The maximum absolute atomic E-state index is 13.3. The summed E-state index contributed by atoms with van der Waals surface area (Å²) in [5.41, 5.74) is 5.90. The Morgan fingerprint density at radius 3 is 1.59 bits per heavy atom. The van der Waals surface area contributed by atoms with E-state index < -0.39 is 5.91 Å². The van der Waals surface area contributed by atoms with Crippen molar-refractivity contribution in [1.29, 1.82) is 0 Å². The van der Waals surface area contributed by atoms with Crippen molar-refractivity contribution in [3.63, 3.8) is 0 Å². The van der Waals surface area contributed by atoms with Crippen LogP contribution in [0, 0.1) is 0 Å². The number of nitrogens with zero attached hydrogens (tertiary/aromatic N) is 4. The summed E-state index contributed by atoms with van der Waals surface area (Å²) in [7, 11) is 0. The fourth-order valence-corrected chi connectivity index (χ4v) is 7.90. The number of benzene rings is 2. The van der Waals surface area contributed by atoms with Crippen LogP contribution in [0.4, 0.5) is 5.95 Å². The minimum Gasteiger partial charge on any atom is -0.457 e. The van der Waals surface area contributed by atoms with Gasteiger partial charge in [-0.25, -0.2) is 4.98 Å². The number of fused-ring (bicyclic) bond motifs is 22. The molecule has 9 heteroatoms. The summed E-state index contributed by atoms with van der Waals surface area (Å²) in [6.07, 6.45) is 29.2. The van der Waals surface area contributed by atoms with Crippen LogP contribution in [0.5, 0.6) is 23.1 Å². The van der Waals surface area contributed by atoms with Crippen LogP contribution < -0.4 is 20.1 Å². The summed E-state index contributed by atoms with van der Waals surface area (Å²) in [5.74, 6) is 1.79. The third kappa shape index (κ3) is 13.2. The van der Waals surface area contributed by atoms with Crippen molar-refractivity contribution in [3.05, 3.63) is 79.0 Å². The number of nitrogens with two attached hydrogens (primary N) is 1. The van der Waals surface area contributed by atoms with E-state index in [-0.39, 0.29) is 29.4 Å². The summed E-state index contributed by atoms with van der Waals surface area (Å²) in [4.78, 5) is 39.7. The highest BCUT2D eigenvalue weighted by Gasteiger charge is 2.37. The van der Waals surface area contributed by atoms with Crippen molar-refractivity contribution in [2.45, 2.75) is 147 Å². The molecule has 0 saturated carbocycles. The molecule has 2 unspecified atom stereocenters. The average Bonchev–Trinajstić information content (AvgIpc) is 3.19. The average molecular weight is 738 g/mol. The van der Waals surface area contributed by atoms with Crippen molar-refractivity contribution in [2.75, 3.05) is 18.0 Å². The van der Waals surface area contributed by atoms with Gasteiger partial charge in [0.15, 0.2) is 0 Å². The van der Waals surface area contributed by atoms with Crippen molar-refractivity contribution >= 4 is 17.8 Å². The van der Waals surface area contributed by atoms with Gasteiger partial charge >= 0.3 is 0 Å². The van der Waals surface area contributed by atoms with Crippen LogP contribution >= 0.6 is 0 Å². The highest BCUT2D eigenvalue weighted by Crippen LogP contribution is 2.32. The molecule has 3 saturated heterocycles. The summed E-state index contributed by atoms with van der Waals surface area (Å²) in [6.45, 7) is 5.03. The molecular weight excluding hydrogens is 675 g/mol. The zero-order valence-electron chi connectivity index (χ0n) is 32.5. The van der Waals surface area contributed by atoms with Gasteiger partial charge in [-0.05, 0) is 55.3 Å². The number of rotatable bonds is 7. The molecule has 0 spiro atoms. The number of carbonyl (C=O) groups excluding carboxylic acids is 2. The molecule has 2 N–H and O–H groups in total. The molecule has 4 heterocycles. The van der Waals surface area contributed by atoms with Gasteiger partial charge in [0, 0.05) is 31.4 Å². The van der Waals surface area contributed by atoms with Gasteiger partial charge in [-0.1, -0.05) is 147 Å². The number of ether oxygens (including phenoxy) is 2. The molecule has 3 fully saturated rings. The predicted octanol–water partition coefficient (Wildman–Crippen LogP) is 10.9. The standard InChI is InChI=1S/C45H63N5O4/c1-2-42(51)49-34-37-26-22-19-17-15-13-11-9-7-5-3-4-6-8-10-12-14-16-18-21-25-36(49)35-50(37)45-47-33-41(43(46)52)44(48-45)54-40-31-29-39(30-32-40)53-38-27-23-20-24-28-38/h2,20,23-24,27-33,36-37H,1,3-19,21-22,25-26,34-35H2,(H2,46,52). The van der Waals surface area contributed by atoms with Gasteiger partial charge in [-0.2, -0.15) is 4.98 Å². The van der Waals surface area contributed by atoms with Gasteiger partial charge in [-0.15, -0.1) is 0 Å². The molecule has 2 amide bonds. The smallest absolute Gasteiger partial charge is 0.255 e. The van der Waals surface area contributed by atoms with Gasteiger partial charge in [0.2, 0.25) is 17.7 Å². The molecule has 292 valence electrons. The Bertz CT molecular complexity index is 1570. The van der Waals surface area contributed by atoms with E-state index in [0.29, 0.717) is 30.5 Å². The second-order valence-corrected chi connectivity index (χ2v) is 15.2. The van der Waals surface area contributed by atoms with E-state index in [9.17, 15) is 9.59 Å². The Balaban J connectivity index is 1.32. The number of anilines is 1. The van der Waals surface area contributed by atoms with Crippen LogP contribution in [0.3, 0.4) is 0 Å². The molecule has 6 rings (SSSR count). The molecular formula is C45H63N5O4. The third-order valence-electron chi connectivity index (χ3n) is 11.0. The first-order valence-corrected chi connectivity index (χ1v) is 20.9. The van der Waals surface area contributed by atoms with E-state index in [1.165, 1.54) is 109 Å². The summed E-state index contributed by atoms with van der Waals surface area (Å²) < 4.78 is 12.2. The van der Waals surface area contributed by atoms with Gasteiger partial charge < -0.3 is 25.0 Å². The Kier molecular flexibility index (Phi) is 17.2. The largest absolute Gasteiger partial charge is 0.457 e. The number of hydrogen-bond donors (Lipinski definition) is 1. The van der Waals surface area contributed by atoms with Crippen LogP contribution in [0.2, 0.25) is 0 Å². The van der Waals surface area contributed by atoms with E-state index in [4.69, 9.17) is 25.2 Å². The summed E-state index contributed by atoms with van der Waals surface area (Å²) >= 11 is 0. The fourth-order valence-electron chi connectivity index (χ4n) is 7.90. The van der Waals surface area contributed by atoms with E-state index in [2.05, 4.69) is 11.5 Å². The lowest BCUT2D eigenvalue weighted by Crippen LogP contribution is -2.60. The first kappa shape index (κ1) is 40.8. The number of carbonyl (C=O) groups is 2. The molecule has 1 aromatic heterocycles. The molecule has 3 aromatic rings. The highest BCUT2D eigenvalue weighted by atomic mass is 16.5. The fraction of sp³-hybridized carbons (Fsp3) is 0.556. The van der Waals surface area contributed by atoms with Crippen molar-refractivity contribution in [1.82, 2.24) is 14.9 Å². The molecule has 54 heavy (non-hydrogen) atoms. The molecule has 2 atom stereocenters. The minimum absolute atomic E-state index is 0.00201. The summed E-state index contributed by atoms with van der Waals surface area (Å²) in [5, 5.41) is 0. The Labute approximate surface area is 323 Å². The van der Waals surface area contributed by atoms with Crippen molar-refractivity contribution in [3.8, 4) is 23.1 Å². The van der Waals surface area contributed by atoms with E-state index in [1.54, 1.807) is 12.1 Å². The first-order valence-electron chi connectivity index (χ1n) is 20.9.